The van der Waals surface area contributed by atoms with Crippen molar-refractivity contribution >= 4 is 22.1 Å². The normalized spacial score (nSPS) is 34.7. The number of hydrogen-bond acceptors (Lipinski definition) is 2. The van der Waals surface area contributed by atoms with Crippen molar-refractivity contribution in [1.29, 1.82) is 0 Å². The van der Waals surface area contributed by atoms with Crippen LogP contribution >= 0.6 is 15.9 Å². The maximum atomic E-state index is 5.61. The van der Waals surface area contributed by atoms with E-state index in [1.54, 1.807) is 0 Å². The molecule has 3 heteroatoms. The third kappa shape index (κ3) is 1.89. The minimum atomic E-state index is 0.226. The maximum Gasteiger partial charge on any atom is 0.133 e. The highest BCUT2D eigenvalue weighted by Gasteiger charge is 2.25. The molecule has 1 aliphatic heterocycles. The molecular weight excluding hydrogens is 218 g/mol. The molecule has 2 unspecified atom stereocenters. The molecule has 0 amide bonds. The van der Waals surface area contributed by atoms with Crippen molar-refractivity contribution in [2.24, 2.45) is 10.9 Å². The molecule has 1 aliphatic carbocycles. The van der Waals surface area contributed by atoms with Crippen molar-refractivity contribution in [2.45, 2.75) is 30.8 Å². The van der Waals surface area contributed by atoms with E-state index >= 15 is 0 Å². The van der Waals surface area contributed by atoms with Crippen molar-refractivity contribution in [3.05, 3.63) is 11.8 Å². The molecule has 2 rings (SSSR count). The predicted molar refractivity (Wildman–Crippen MR) is 52.6 cm³/mol. The zero-order valence-corrected chi connectivity index (χ0v) is 8.62. The van der Waals surface area contributed by atoms with Gasteiger partial charge in [-0.15, -0.1) is 0 Å². The summed E-state index contributed by atoms with van der Waals surface area (Å²) in [6.45, 7) is 2.13. The Hall–Kier alpha value is -0.310. The first kappa shape index (κ1) is 8.30. The van der Waals surface area contributed by atoms with Crippen LogP contribution in [0.1, 0.15) is 19.8 Å². The largest absolute Gasteiger partial charge is 0.489 e. The molecule has 0 saturated heterocycles. The molecule has 1 heterocycles. The van der Waals surface area contributed by atoms with E-state index in [-0.39, 0.29) is 4.95 Å². The topological polar surface area (TPSA) is 21.6 Å². The maximum absolute atomic E-state index is 5.61. The molecule has 0 radical (unpaired) electrons. The summed E-state index contributed by atoms with van der Waals surface area (Å²) in [6, 6.07) is 0. The second-order valence-electron chi connectivity index (χ2n) is 3.40. The average Bonchev–Trinajstić information content (AvgIpc) is 2.81. The van der Waals surface area contributed by atoms with E-state index in [0.717, 1.165) is 5.76 Å². The van der Waals surface area contributed by atoms with Gasteiger partial charge in [0.25, 0.3) is 0 Å². The molecule has 12 heavy (non-hydrogen) atoms. The molecule has 66 valence electrons. The van der Waals surface area contributed by atoms with Crippen molar-refractivity contribution in [3.8, 4) is 0 Å². The Labute approximate surface area is 80.8 Å². The van der Waals surface area contributed by atoms with E-state index in [4.69, 9.17) is 4.74 Å². The summed E-state index contributed by atoms with van der Waals surface area (Å²) >= 11 is 3.46. The van der Waals surface area contributed by atoms with E-state index in [1.807, 2.05) is 6.21 Å². The molecule has 0 spiro atoms. The predicted octanol–water partition coefficient (Wildman–Crippen LogP) is 2.49. The Morgan fingerprint density at radius 2 is 2.33 bits per heavy atom. The van der Waals surface area contributed by atoms with Gasteiger partial charge < -0.3 is 4.74 Å². The zero-order chi connectivity index (χ0) is 8.55. The molecular formula is C9H12BrNO. The van der Waals surface area contributed by atoms with Crippen LogP contribution in [0.25, 0.3) is 0 Å². The summed E-state index contributed by atoms with van der Waals surface area (Å²) in [5, 5.41) is 0. The van der Waals surface area contributed by atoms with Crippen LogP contribution in [-0.4, -0.2) is 17.3 Å². The second kappa shape index (κ2) is 3.21. The summed E-state index contributed by atoms with van der Waals surface area (Å²) in [5.74, 6) is 1.38. The SMILES string of the molecule is CC1C=C(OC2CC2)C=NC1Br. The van der Waals surface area contributed by atoms with E-state index in [2.05, 4.69) is 33.9 Å². The molecule has 1 fully saturated rings. The highest BCUT2D eigenvalue weighted by atomic mass is 79.9. The summed E-state index contributed by atoms with van der Waals surface area (Å²) in [5.41, 5.74) is 0. The smallest absolute Gasteiger partial charge is 0.133 e. The van der Waals surface area contributed by atoms with Gasteiger partial charge in [0.05, 0.1) is 12.3 Å². The van der Waals surface area contributed by atoms with Gasteiger partial charge >= 0.3 is 0 Å². The molecule has 2 atom stereocenters. The van der Waals surface area contributed by atoms with E-state index in [0.29, 0.717) is 12.0 Å². The Kier molecular flexibility index (Phi) is 2.22. The highest BCUT2D eigenvalue weighted by Crippen LogP contribution is 2.28. The van der Waals surface area contributed by atoms with Crippen LogP contribution in [0, 0.1) is 5.92 Å². The van der Waals surface area contributed by atoms with Gasteiger partial charge in [0.2, 0.25) is 0 Å². The molecule has 0 N–H and O–H groups in total. The van der Waals surface area contributed by atoms with Crippen molar-refractivity contribution < 1.29 is 4.74 Å². The number of dihydropyridines is 1. The molecule has 0 bridgehead atoms. The van der Waals surface area contributed by atoms with Crippen molar-refractivity contribution in [3.63, 3.8) is 0 Å². The van der Waals surface area contributed by atoms with E-state index in [1.165, 1.54) is 12.8 Å². The summed E-state index contributed by atoms with van der Waals surface area (Å²) in [4.78, 5) is 4.50. The fraction of sp³-hybridized carbons (Fsp3) is 0.667. The van der Waals surface area contributed by atoms with Gasteiger partial charge in [-0.05, 0) is 18.9 Å². The second-order valence-corrected chi connectivity index (χ2v) is 4.33. The van der Waals surface area contributed by atoms with Crippen LogP contribution < -0.4 is 0 Å². The molecule has 2 aliphatic rings. The number of halogens is 1. The Balaban J connectivity index is 1.97. The quantitative estimate of drug-likeness (QED) is 0.527. The third-order valence-corrected chi connectivity index (χ3v) is 3.10. The van der Waals surface area contributed by atoms with Crippen LogP contribution in [0.15, 0.2) is 16.8 Å². The molecule has 0 aromatic carbocycles. The summed E-state index contributed by atoms with van der Waals surface area (Å²) in [7, 11) is 0. The third-order valence-electron chi connectivity index (χ3n) is 2.03. The van der Waals surface area contributed by atoms with Gasteiger partial charge in [0.15, 0.2) is 0 Å². The number of hydrogen-bond donors (Lipinski definition) is 0. The lowest BCUT2D eigenvalue weighted by Gasteiger charge is -2.17. The molecule has 1 saturated carbocycles. The Morgan fingerprint density at radius 1 is 1.58 bits per heavy atom. The fourth-order valence-corrected chi connectivity index (χ4v) is 1.38. The van der Waals surface area contributed by atoms with Crippen molar-refractivity contribution in [1.82, 2.24) is 0 Å². The van der Waals surface area contributed by atoms with Gasteiger partial charge in [0.1, 0.15) is 10.7 Å². The zero-order valence-electron chi connectivity index (χ0n) is 7.03. The van der Waals surface area contributed by atoms with Gasteiger partial charge in [-0.1, -0.05) is 22.9 Å². The first-order chi connectivity index (χ1) is 5.75. The van der Waals surface area contributed by atoms with Crippen LogP contribution in [-0.2, 0) is 4.74 Å². The number of ether oxygens (including phenoxy) is 1. The lowest BCUT2D eigenvalue weighted by Crippen LogP contribution is -2.13. The number of aliphatic imine (C=N–C) groups is 1. The van der Waals surface area contributed by atoms with Crippen LogP contribution in [0.5, 0.6) is 0 Å². The van der Waals surface area contributed by atoms with Crippen LogP contribution in [0.4, 0.5) is 0 Å². The monoisotopic (exact) mass is 229 g/mol. The first-order valence-electron chi connectivity index (χ1n) is 4.31. The standard InChI is InChI=1S/C9H12BrNO/c1-6-4-8(5-11-9(6)10)12-7-2-3-7/h4-7,9H,2-3H2,1H3. The number of rotatable bonds is 2. The van der Waals surface area contributed by atoms with E-state index in [9.17, 15) is 0 Å². The lowest BCUT2D eigenvalue weighted by molar-refractivity contribution is 0.213. The Bertz CT molecular complexity index is 233. The highest BCUT2D eigenvalue weighted by molar-refractivity contribution is 9.09. The number of nitrogens with zero attached hydrogens (tertiary/aromatic N) is 1. The fourth-order valence-electron chi connectivity index (χ4n) is 1.11. The van der Waals surface area contributed by atoms with Crippen LogP contribution in [0.3, 0.4) is 0 Å². The number of allylic oxidation sites excluding steroid dienone is 1. The summed E-state index contributed by atoms with van der Waals surface area (Å²) in [6.07, 6.45) is 6.83. The van der Waals surface area contributed by atoms with Gasteiger partial charge in [-0.25, -0.2) is 0 Å². The first-order valence-corrected chi connectivity index (χ1v) is 5.23. The van der Waals surface area contributed by atoms with Gasteiger partial charge in [0, 0.05) is 5.92 Å². The average molecular weight is 230 g/mol. The van der Waals surface area contributed by atoms with Crippen molar-refractivity contribution in [2.75, 3.05) is 0 Å². The van der Waals surface area contributed by atoms with E-state index < -0.39 is 0 Å². The minimum absolute atomic E-state index is 0.226. The van der Waals surface area contributed by atoms with Crippen LogP contribution in [0.2, 0.25) is 0 Å². The Morgan fingerprint density at radius 3 is 2.92 bits per heavy atom. The summed E-state index contributed by atoms with van der Waals surface area (Å²) < 4.78 is 5.61. The molecule has 0 aromatic rings. The lowest BCUT2D eigenvalue weighted by atomic mass is 10.1. The molecule has 0 aromatic heterocycles. The van der Waals surface area contributed by atoms with Gasteiger partial charge in [-0.2, -0.15) is 0 Å². The van der Waals surface area contributed by atoms with Gasteiger partial charge in [-0.3, -0.25) is 4.99 Å². The molecule has 2 nitrogen and oxygen atoms in total. The number of alkyl halides is 1. The minimum Gasteiger partial charge on any atom is -0.489 e.